The zero-order valence-electron chi connectivity index (χ0n) is 17.7. The van der Waals surface area contributed by atoms with Crippen molar-refractivity contribution in [3.8, 4) is 5.75 Å². The predicted octanol–water partition coefficient (Wildman–Crippen LogP) is 5.37. The third kappa shape index (κ3) is 5.92. The van der Waals surface area contributed by atoms with E-state index in [1.807, 2.05) is 24.3 Å². The first-order chi connectivity index (χ1) is 15.6. The zero-order chi connectivity index (χ0) is 22.3. The molecule has 3 aromatic rings. The van der Waals surface area contributed by atoms with Gasteiger partial charge in [0.15, 0.2) is 0 Å². The Morgan fingerprint density at radius 2 is 1.72 bits per heavy atom. The van der Waals surface area contributed by atoms with Gasteiger partial charge in [0, 0.05) is 25.3 Å². The fourth-order valence-corrected chi connectivity index (χ4v) is 3.76. The fraction of sp³-hybridized carbons (Fsp3) is 0.269. The van der Waals surface area contributed by atoms with Crippen molar-refractivity contribution in [3.05, 3.63) is 101 Å². The van der Waals surface area contributed by atoms with Crippen LogP contribution in [0.1, 0.15) is 34.3 Å². The van der Waals surface area contributed by atoms with Gasteiger partial charge in [-0.3, -0.25) is 4.79 Å². The van der Waals surface area contributed by atoms with E-state index in [1.54, 1.807) is 23.1 Å². The van der Waals surface area contributed by atoms with E-state index in [4.69, 9.17) is 9.47 Å². The summed E-state index contributed by atoms with van der Waals surface area (Å²) in [5, 5.41) is 0. The molecule has 4 rings (SSSR count). The van der Waals surface area contributed by atoms with Crippen molar-refractivity contribution in [3.63, 3.8) is 0 Å². The minimum absolute atomic E-state index is 0.0126. The molecule has 0 aromatic heterocycles. The highest BCUT2D eigenvalue weighted by molar-refractivity contribution is 5.94. The van der Waals surface area contributed by atoms with Crippen LogP contribution in [0.3, 0.4) is 0 Å². The molecule has 1 amide bonds. The third-order valence-electron chi connectivity index (χ3n) is 5.40. The molecule has 1 aliphatic heterocycles. The first kappa shape index (κ1) is 22.0. The van der Waals surface area contributed by atoms with E-state index in [2.05, 4.69) is 0 Å². The van der Waals surface area contributed by atoms with Gasteiger partial charge in [0.25, 0.3) is 5.91 Å². The number of benzene rings is 3. The maximum Gasteiger partial charge on any atom is 0.254 e. The number of ether oxygens (including phenoxy) is 2. The van der Waals surface area contributed by atoms with Crippen molar-refractivity contribution < 1.29 is 23.0 Å². The van der Waals surface area contributed by atoms with Gasteiger partial charge in [0.05, 0.1) is 6.10 Å². The first-order valence-electron chi connectivity index (χ1n) is 10.7. The van der Waals surface area contributed by atoms with Crippen molar-refractivity contribution >= 4 is 5.91 Å². The normalized spacial score (nSPS) is 15.5. The Labute approximate surface area is 186 Å². The summed E-state index contributed by atoms with van der Waals surface area (Å²) in [5.74, 6) is -0.310. The number of carbonyl (C=O) groups excluding carboxylic acids is 1. The van der Waals surface area contributed by atoms with E-state index < -0.39 is 5.82 Å². The van der Waals surface area contributed by atoms with Gasteiger partial charge in [0.1, 0.15) is 24.0 Å². The van der Waals surface area contributed by atoms with Crippen LogP contribution in [0.5, 0.6) is 5.75 Å². The smallest absolute Gasteiger partial charge is 0.254 e. The van der Waals surface area contributed by atoms with Crippen molar-refractivity contribution in [2.24, 2.45) is 0 Å². The van der Waals surface area contributed by atoms with Crippen LogP contribution in [-0.2, 0) is 17.9 Å². The molecule has 0 spiro atoms. The summed E-state index contributed by atoms with van der Waals surface area (Å²) in [7, 11) is 0. The zero-order valence-corrected chi connectivity index (χ0v) is 17.7. The molecule has 0 radical (unpaired) electrons. The monoisotopic (exact) mass is 437 g/mol. The van der Waals surface area contributed by atoms with Gasteiger partial charge in [-0.1, -0.05) is 30.3 Å². The molecule has 0 unspecified atom stereocenters. The number of nitrogens with zero attached hydrogens (tertiary/aromatic N) is 1. The Bertz CT molecular complexity index is 1050. The van der Waals surface area contributed by atoms with Crippen LogP contribution >= 0.6 is 0 Å². The molecule has 0 bridgehead atoms. The number of rotatable bonds is 8. The Morgan fingerprint density at radius 3 is 2.41 bits per heavy atom. The molecule has 0 aliphatic carbocycles. The predicted molar refractivity (Wildman–Crippen MR) is 117 cm³/mol. The number of halogens is 2. The summed E-state index contributed by atoms with van der Waals surface area (Å²) in [6.45, 7) is 1.79. The molecule has 4 nitrogen and oxygen atoms in total. The van der Waals surface area contributed by atoms with Crippen LogP contribution in [0.4, 0.5) is 8.78 Å². The summed E-state index contributed by atoms with van der Waals surface area (Å²) >= 11 is 0. The van der Waals surface area contributed by atoms with Crippen LogP contribution in [-0.4, -0.2) is 30.1 Å². The quantitative estimate of drug-likeness (QED) is 0.476. The van der Waals surface area contributed by atoms with Crippen LogP contribution in [0.15, 0.2) is 72.8 Å². The SMILES string of the molecule is O=C(c1cccc(F)c1)N(Cc1ccc(OCc2cccc(F)c2)cc1)C[C@@H]1CCCO1. The molecule has 1 fully saturated rings. The van der Waals surface area contributed by atoms with Gasteiger partial charge in [-0.2, -0.15) is 0 Å². The van der Waals surface area contributed by atoms with Gasteiger partial charge in [0.2, 0.25) is 0 Å². The molecule has 3 aromatic carbocycles. The Balaban J connectivity index is 1.43. The molecule has 6 heteroatoms. The van der Waals surface area contributed by atoms with E-state index in [0.29, 0.717) is 31.0 Å². The number of carbonyl (C=O) groups is 1. The van der Waals surface area contributed by atoms with Gasteiger partial charge in [-0.15, -0.1) is 0 Å². The first-order valence-corrected chi connectivity index (χ1v) is 10.7. The van der Waals surface area contributed by atoms with Crippen LogP contribution in [0.25, 0.3) is 0 Å². The average Bonchev–Trinajstić information content (AvgIpc) is 3.31. The highest BCUT2D eigenvalue weighted by Gasteiger charge is 2.24. The molecule has 1 saturated heterocycles. The second kappa shape index (κ2) is 10.4. The number of amides is 1. The topological polar surface area (TPSA) is 38.8 Å². The van der Waals surface area contributed by atoms with Gasteiger partial charge in [-0.05, 0) is 66.4 Å². The minimum Gasteiger partial charge on any atom is -0.489 e. The molecular weight excluding hydrogens is 412 g/mol. The lowest BCUT2D eigenvalue weighted by atomic mass is 10.1. The lowest BCUT2D eigenvalue weighted by Gasteiger charge is -2.26. The van der Waals surface area contributed by atoms with E-state index in [9.17, 15) is 13.6 Å². The molecule has 1 aliphatic rings. The van der Waals surface area contributed by atoms with E-state index in [1.165, 1.54) is 30.3 Å². The second-order valence-corrected chi connectivity index (χ2v) is 7.89. The Hall–Kier alpha value is -3.25. The van der Waals surface area contributed by atoms with Gasteiger partial charge >= 0.3 is 0 Å². The summed E-state index contributed by atoms with van der Waals surface area (Å²) in [5.41, 5.74) is 1.99. The molecule has 0 saturated carbocycles. The van der Waals surface area contributed by atoms with Crippen LogP contribution < -0.4 is 4.74 Å². The standard InChI is InChI=1S/C26H25F2NO3/c27-22-6-1-4-20(14-22)18-32-24-11-9-19(10-12-24)16-29(17-25-8-3-13-31-25)26(30)21-5-2-7-23(28)15-21/h1-2,4-7,9-12,14-15,25H,3,8,13,16-18H2/t25-/m0/s1. The fourth-order valence-electron chi connectivity index (χ4n) is 3.76. The lowest BCUT2D eigenvalue weighted by molar-refractivity contribution is 0.0507. The van der Waals surface area contributed by atoms with Gasteiger partial charge < -0.3 is 14.4 Å². The lowest BCUT2D eigenvalue weighted by Crippen LogP contribution is -2.37. The van der Waals surface area contributed by atoms with E-state index in [0.717, 1.165) is 24.0 Å². The van der Waals surface area contributed by atoms with Gasteiger partial charge in [-0.25, -0.2) is 8.78 Å². The highest BCUT2D eigenvalue weighted by Crippen LogP contribution is 2.20. The van der Waals surface area contributed by atoms with Crippen LogP contribution in [0, 0.1) is 11.6 Å². The van der Waals surface area contributed by atoms with Crippen molar-refractivity contribution in [1.82, 2.24) is 4.90 Å². The van der Waals surface area contributed by atoms with E-state index in [-0.39, 0.29) is 24.4 Å². The molecule has 1 heterocycles. The second-order valence-electron chi connectivity index (χ2n) is 7.89. The summed E-state index contributed by atoms with van der Waals surface area (Å²) in [6.07, 6.45) is 1.87. The summed E-state index contributed by atoms with van der Waals surface area (Å²) in [6, 6.07) is 19.5. The molecule has 32 heavy (non-hydrogen) atoms. The Kier molecular flexibility index (Phi) is 7.12. The largest absolute Gasteiger partial charge is 0.489 e. The molecule has 1 atom stereocenters. The summed E-state index contributed by atoms with van der Waals surface area (Å²) in [4.78, 5) is 14.8. The van der Waals surface area contributed by atoms with Crippen molar-refractivity contribution in [2.75, 3.05) is 13.2 Å². The summed E-state index contributed by atoms with van der Waals surface area (Å²) < 4.78 is 38.4. The third-order valence-corrected chi connectivity index (χ3v) is 5.40. The number of hydrogen-bond acceptors (Lipinski definition) is 3. The maximum atomic E-state index is 13.7. The Morgan fingerprint density at radius 1 is 0.969 bits per heavy atom. The molecule has 166 valence electrons. The average molecular weight is 437 g/mol. The van der Waals surface area contributed by atoms with Crippen molar-refractivity contribution in [2.45, 2.75) is 32.1 Å². The molecule has 0 N–H and O–H groups in total. The minimum atomic E-state index is -0.437. The highest BCUT2D eigenvalue weighted by atomic mass is 19.1. The molecular formula is C26H25F2NO3. The number of hydrogen-bond donors (Lipinski definition) is 0. The van der Waals surface area contributed by atoms with Crippen molar-refractivity contribution in [1.29, 1.82) is 0 Å². The van der Waals surface area contributed by atoms with E-state index >= 15 is 0 Å². The maximum absolute atomic E-state index is 13.7. The van der Waals surface area contributed by atoms with Crippen LogP contribution in [0.2, 0.25) is 0 Å².